The molecule has 8 heavy (non-hydrogen) atoms. The van der Waals surface area contributed by atoms with Gasteiger partial charge in [-0.25, -0.2) is 0 Å². The second-order valence-corrected chi connectivity index (χ2v) is 1.00. The second-order valence-electron chi connectivity index (χ2n) is 1.00. The van der Waals surface area contributed by atoms with E-state index in [0.29, 0.717) is 0 Å². The van der Waals surface area contributed by atoms with Crippen molar-refractivity contribution in [3.63, 3.8) is 0 Å². The van der Waals surface area contributed by atoms with Crippen molar-refractivity contribution < 1.29 is 0 Å². The molecule has 0 bridgehead atoms. The maximum absolute atomic E-state index is 7.81. The lowest BCUT2D eigenvalue weighted by Gasteiger charge is -1.71. The predicted octanol–water partition coefficient (Wildman–Crippen LogP) is 0.351. The van der Waals surface area contributed by atoms with E-state index in [-0.39, 0.29) is 0 Å². The van der Waals surface area contributed by atoms with Crippen LogP contribution in [0.5, 0.6) is 0 Å². The van der Waals surface area contributed by atoms with Crippen molar-refractivity contribution in [3.05, 3.63) is 22.8 Å². The topological polar surface area (TPSA) is 79.5 Å². The summed E-state index contributed by atoms with van der Waals surface area (Å²) in [6.07, 6.45) is 2.87. The van der Waals surface area contributed by atoms with E-state index in [4.69, 9.17) is 5.53 Å². The van der Waals surface area contributed by atoms with Gasteiger partial charge in [-0.05, 0) is 0 Å². The minimum atomic E-state index is 1.03. The van der Waals surface area contributed by atoms with Gasteiger partial charge in [0.2, 0.25) is 0 Å². The van der Waals surface area contributed by atoms with Crippen molar-refractivity contribution in [1.82, 2.24) is 15.1 Å². The highest BCUT2D eigenvalue weighted by Gasteiger charge is 1.83. The molecule has 6 heteroatoms. The Morgan fingerprint density at radius 2 is 2.62 bits per heavy atom. The third-order valence-corrected chi connectivity index (χ3v) is 0.542. The summed E-state index contributed by atoms with van der Waals surface area (Å²) in [6, 6.07) is 0. The molecule has 0 aliphatic rings. The quantitative estimate of drug-likeness (QED) is 0.297. The van der Waals surface area contributed by atoms with Crippen LogP contribution in [0.15, 0.2) is 17.6 Å². The van der Waals surface area contributed by atoms with Gasteiger partial charge < -0.3 is 0 Å². The Labute approximate surface area is 44.3 Å². The van der Waals surface area contributed by atoms with E-state index in [1.165, 1.54) is 12.4 Å². The lowest BCUT2D eigenvalue weighted by Crippen LogP contribution is -1.84. The standard InChI is InChI=1S/C2H2N6/c3-5-7-8-2-1-4-6-8/h1-2H. The van der Waals surface area contributed by atoms with Crippen LogP contribution in [0.1, 0.15) is 0 Å². The molecule has 1 rings (SSSR count). The largest absolute Gasteiger partial charge is 0.167 e. The number of hydrogen-bond acceptors (Lipinski definition) is 3. The first-order valence-electron chi connectivity index (χ1n) is 1.85. The first-order chi connectivity index (χ1) is 3.93. The van der Waals surface area contributed by atoms with Gasteiger partial charge in [0.25, 0.3) is 0 Å². The SMILES string of the molecule is [N-]=[N+]=Nn1ccnn1. The Balaban J connectivity index is 2.93. The first-order valence-corrected chi connectivity index (χ1v) is 1.85. The van der Waals surface area contributed by atoms with Crippen LogP contribution in [-0.2, 0) is 0 Å². The van der Waals surface area contributed by atoms with Crippen molar-refractivity contribution >= 4 is 0 Å². The Morgan fingerprint density at radius 3 is 3.12 bits per heavy atom. The molecule has 0 atom stereocenters. The van der Waals surface area contributed by atoms with E-state index in [1.54, 1.807) is 0 Å². The summed E-state index contributed by atoms with van der Waals surface area (Å²) in [5.41, 5.74) is 7.81. The average Bonchev–Trinajstić information content (AvgIpc) is 2.19. The smallest absolute Gasteiger partial charge is 0.146 e. The lowest BCUT2D eigenvalue weighted by molar-refractivity contribution is 0.684. The van der Waals surface area contributed by atoms with Crippen LogP contribution in [0.25, 0.3) is 10.4 Å². The van der Waals surface area contributed by atoms with Crippen LogP contribution in [-0.4, -0.2) is 15.1 Å². The maximum Gasteiger partial charge on any atom is 0.146 e. The van der Waals surface area contributed by atoms with Crippen molar-refractivity contribution in [2.75, 3.05) is 0 Å². The van der Waals surface area contributed by atoms with Gasteiger partial charge in [-0.1, -0.05) is 4.79 Å². The number of rotatable bonds is 1. The van der Waals surface area contributed by atoms with Crippen LogP contribution < -0.4 is 0 Å². The molecule has 0 spiro atoms. The molecule has 0 saturated heterocycles. The molecule has 0 radical (unpaired) electrons. The summed E-state index contributed by atoms with van der Waals surface area (Å²) < 4.78 is 0. The molecule has 40 valence electrons. The highest BCUT2D eigenvalue weighted by Crippen LogP contribution is 1.76. The van der Waals surface area contributed by atoms with Crippen LogP contribution in [0, 0.1) is 0 Å². The minimum Gasteiger partial charge on any atom is -0.167 e. The summed E-state index contributed by atoms with van der Waals surface area (Å²) in [7, 11) is 0. The number of azide groups is 1. The van der Waals surface area contributed by atoms with Gasteiger partial charge in [-0.15, -0.1) is 10.6 Å². The van der Waals surface area contributed by atoms with Crippen LogP contribution >= 0.6 is 0 Å². The third kappa shape index (κ3) is 0.742. The van der Waals surface area contributed by atoms with E-state index < -0.39 is 0 Å². The fourth-order valence-electron chi connectivity index (χ4n) is 0.291. The van der Waals surface area contributed by atoms with Gasteiger partial charge in [-0.3, -0.25) is 0 Å². The maximum atomic E-state index is 7.81. The molecule has 1 aromatic rings. The van der Waals surface area contributed by atoms with Crippen molar-refractivity contribution in [2.24, 2.45) is 5.22 Å². The lowest BCUT2D eigenvalue weighted by atomic mass is 11.0. The fraction of sp³-hybridized carbons (Fsp3) is 0. The van der Waals surface area contributed by atoms with E-state index >= 15 is 0 Å². The van der Waals surface area contributed by atoms with Gasteiger partial charge in [0.1, 0.15) is 6.20 Å². The zero-order chi connectivity index (χ0) is 5.82. The molecule has 1 heterocycles. The highest BCUT2D eigenvalue weighted by molar-refractivity contribution is 4.62. The van der Waals surface area contributed by atoms with Gasteiger partial charge >= 0.3 is 0 Å². The Hall–Kier alpha value is -1.55. The Bertz CT molecular complexity index is 192. The van der Waals surface area contributed by atoms with Gasteiger partial charge in [-0.2, -0.15) is 4.91 Å². The van der Waals surface area contributed by atoms with Crippen molar-refractivity contribution in [3.8, 4) is 0 Å². The Kier molecular flexibility index (Phi) is 1.12. The normalized spacial score (nSPS) is 8.00. The molecule has 0 N–H and O–H groups in total. The molecule has 0 aliphatic heterocycles. The monoisotopic (exact) mass is 110 g/mol. The molecule has 0 aliphatic carbocycles. The zero-order valence-corrected chi connectivity index (χ0v) is 3.84. The highest BCUT2D eigenvalue weighted by atomic mass is 15.6. The molecule has 0 fully saturated rings. The molecule has 0 amide bonds. The molecule has 0 saturated carbocycles. The number of nitrogens with zero attached hydrogens (tertiary/aromatic N) is 6. The zero-order valence-electron chi connectivity index (χ0n) is 3.84. The number of aromatic nitrogens is 3. The van der Waals surface area contributed by atoms with Crippen LogP contribution in [0.4, 0.5) is 0 Å². The second kappa shape index (κ2) is 1.94. The minimum absolute atomic E-state index is 1.03. The summed E-state index contributed by atoms with van der Waals surface area (Å²) in [5.74, 6) is 0. The van der Waals surface area contributed by atoms with E-state index in [2.05, 4.69) is 20.4 Å². The number of hydrogen-bond donors (Lipinski definition) is 0. The molecule has 1 aromatic heterocycles. The van der Waals surface area contributed by atoms with Gasteiger partial charge in [0.15, 0.2) is 0 Å². The first kappa shape index (κ1) is 4.61. The van der Waals surface area contributed by atoms with Gasteiger partial charge in [0.05, 0.1) is 6.20 Å². The van der Waals surface area contributed by atoms with E-state index in [1.807, 2.05) is 0 Å². The summed E-state index contributed by atoms with van der Waals surface area (Å²) in [5, 5.41) is 9.83. The van der Waals surface area contributed by atoms with E-state index in [9.17, 15) is 0 Å². The van der Waals surface area contributed by atoms with Crippen LogP contribution in [0.2, 0.25) is 0 Å². The Morgan fingerprint density at radius 1 is 1.75 bits per heavy atom. The van der Waals surface area contributed by atoms with Crippen molar-refractivity contribution in [2.45, 2.75) is 0 Å². The van der Waals surface area contributed by atoms with Gasteiger partial charge in [0, 0.05) is 10.4 Å². The fourth-order valence-corrected chi connectivity index (χ4v) is 0.291. The van der Waals surface area contributed by atoms with E-state index in [0.717, 1.165) is 4.79 Å². The molecule has 0 aromatic carbocycles. The van der Waals surface area contributed by atoms with Crippen LogP contribution in [0.3, 0.4) is 0 Å². The summed E-state index contributed by atoms with van der Waals surface area (Å²) in [6.45, 7) is 0. The third-order valence-electron chi connectivity index (χ3n) is 0.542. The van der Waals surface area contributed by atoms with Crippen molar-refractivity contribution in [1.29, 1.82) is 0 Å². The summed E-state index contributed by atoms with van der Waals surface area (Å²) >= 11 is 0. The molecular weight excluding hydrogens is 108 g/mol. The molecule has 6 nitrogen and oxygen atoms in total. The predicted molar refractivity (Wildman–Crippen MR) is 24.6 cm³/mol. The average molecular weight is 110 g/mol. The molecule has 0 unspecified atom stereocenters. The molecular formula is C2H2N6. The summed E-state index contributed by atoms with van der Waals surface area (Å²) in [4.78, 5) is 3.49.